The third-order valence-electron chi connectivity index (χ3n) is 3.05. The highest BCUT2D eigenvalue weighted by Crippen LogP contribution is 2.34. The van der Waals surface area contributed by atoms with Gasteiger partial charge in [0.15, 0.2) is 11.5 Å². The minimum absolute atomic E-state index is 0.0501. The van der Waals surface area contributed by atoms with Crippen LogP contribution in [0.4, 0.5) is 5.69 Å². The maximum atomic E-state index is 11.9. The molecule has 114 valence electrons. The zero-order valence-corrected chi connectivity index (χ0v) is 13.2. The van der Waals surface area contributed by atoms with E-state index in [-0.39, 0.29) is 12.7 Å². The number of amides is 1. The van der Waals surface area contributed by atoms with Crippen molar-refractivity contribution in [3.05, 3.63) is 53.1 Å². The quantitative estimate of drug-likeness (QED) is 0.899. The van der Waals surface area contributed by atoms with Crippen LogP contribution in [0.1, 0.15) is 5.56 Å². The average Bonchev–Trinajstić information content (AvgIpc) is 2.95. The summed E-state index contributed by atoms with van der Waals surface area (Å²) < 4.78 is 10.5. The maximum absolute atomic E-state index is 11.9. The molecule has 1 N–H and O–H groups in total. The smallest absolute Gasteiger partial charge is 0.234 e. The van der Waals surface area contributed by atoms with Crippen molar-refractivity contribution < 1.29 is 14.3 Å². The van der Waals surface area contributed by atoms with Crippen molar-refractivity contribution in [1.29, 1.82) is 0 Å². The van der Waals surface area contributed by atoms with Gasteiger partial charge >= 0.3 is 0 Å². The van der Waals surface area contributed by atoms with Crippen molar-refractivity contribution in [2.75, 3.05) is 17.9 Å². The van der Waals surface area contributed by atoms with Crippen molar-refractivity contribution in [3.8, 4) is 11.5 Å². The first kappa shape index (κ1) is 15.1. The molecule has 4 nitrogen and oxygen atoms in total. The Kier molecular flexibility index (Phi) is 4.75. The summed E-state index contributed by atoms with van der Waals surface area (Å²) in [7, 11) is 0. The molecule has 1 heterocycles. The Morgan fingerprint density at radius 1 is 1.18 bits per heavy atom. The fourth-order valence-electron chi connectivity index (χ4n) is 2.06. The molecule has 1 amide bonds. The van der Waals surface area contributed by atoms with E-state index in [0.29, 0.717) is 28.0 Å². The molecular weight excluding hydrogens is 322 g/mol. The van der Waals surface area contributed by atoms with Crippen LogP contribution >= 0.6 is 23.4 Å². The minimum Gasteiger partial charge on any atom is -0.454 e. The highest BCUT2D eigenvalue weighted by Gasteiger charge is 2.14. The fourth-order valence-corrected chi connectivity index (χ4v) is 3.05. The molecule has 0 saturated heterocycles. The van der Waals surface area contributed by atoms with Crippen LogP contribution in [0, 0.1) is 0 Å². The summed E-state index contributed by atoms with van der Waals surface area (Å²) in [5.41, 5.74) is 1.81. The molecule has 1 aliphatic rings. The highest BCUT2D eigenvalue weighted by atomic mass is 35.5. The number of benzene rings is 2. The Morgan fingerprint density at radius 2 is 2.05 bits per heavy atom. The lowest BCUT2D eigenvalue weighted by Crippen LogP contribution is -2.14. The van der Waals surface area contributed by atoms with Gasteiger partial charge in [0.2, 0.25) is 12.7 Å². The van der Waals surface area contributed by atoms with Crippen molar-refractivity contribution in [2.24, 2.45) is 0 Å². The molecular formula is C16H14ClNO3S. The van der Waals surface area contributed by atoms with E-state index in [9.17, 15) is 4.79 Å². The predicted octanol–water partition coefficient (Wildman–Crippen LogP) is 3.94. The van der Waals surface area contributed by atoms with Gasteiger partial charge in [0.05, 0.1) is 5.75 Å². The first-order valence-corrected chi connectivity index (χ1v) is 8.26. The topological polar surface area (TPSA) is 47.6 Å². The Balaban J connectivity index is 1.48. The van der Waals surface area contributed by atoms with Crippen LogP contribution in [0.2, 0.25) is 5.02 Å². The number of hydrogen-bond acceptors (Lipinski definition) is 4. The molecule has 0 fully saturated rings. The summed E-state index contributed by atoms with van der Waals surface area (Å²) in [6.07, 6.45) is 0. The van der Waals surface area contributed by atoms with E-state index in [4.69, 9.17) is 21.1 Å². The lowest BCUT2D eigenvalue weighted by Gasteiger charge is -2.06. The van der Waals surface area contributed by atoms with Crippen LogP contribution in [0.5, 0.6) is 11.5 Å². The van der Waals surface area contributed by atoms with Gasteiger partial charge in [-0.2, -0.15) is 0 Å². The Bertz CT molecular complexity index is 693. The number of carbonyl (C=O) groups excluding carboxylic acids is 1. The molecule has 0 saturated carbocycles. The van der Waals surface area contributed by atoms with Gasteiger partial charge in [-0.3, -0.25) is 4.79 Å². The molecule has 1 aliphatic heterocycles. The monoisotopic (exact) mass is 335 g/mol. The second kappa shape index (κ2) is 6.94. The Morgan fingerprint density at radius 3 is 2.91 bits per heavy atom. The molecule has 0 radical (unpaired) electrons. The van der Waals surface area contributed by atoms with Gasteiger partial charge in [-0.25, -0.2) is 0 Å². The third kappa shape index (κ3) is 3.87. The number of carbonyl (C=O) groups is 1. The summed E-state index contributed by atoms with van der Waals surface area (Å²) >= 11 is 7.47. The molecule has 2 aromatic rings. The Labute approximate surface area is 137 Å². The summed E-state index contributed by atoms with van der Waals surface area (Å²) in [5, 5.41) is 3.56. The van der Waals surface area contributed by atoms with E-state index in [1.807, 2.05) is 24.3 Å². The molecule has 0 atom stereocenters. The number of thioether (sulfide) groups is 1. The zero-order valence-electron chi connectivity index (χ0n) is 11.7. The van der Waals surface area contributed by atoms with Gasteiger partial charge in [-0.05, 0) is 29.8 Å². The van der Waals surface area contributed by atoms with Crippen molar-refractivity contribution >= 4 is 35.0 Å². The van der Waals surface area contributed by atoms with E-state index in [2.05, 4.69) is 5.32 Å². The van der Waals surface area contributed by atoms with E-state index in [1.165, 1.54) is 0 Å². The lowest BCUT2D eigenvalue weighted by molar-refractivity contribution is -0.113. The van der Waals surface area contributed by atoms with Crippen LogP contribution in [0.3, 0.4) is 0 Å². The maximum Gasteiger partial charge on any atom is 0.234 e. The second-order valence-corrected chi connectivity index (χ2v) is 6.16. The SMILES string of the molecule is O=C(CSCc1cccc(Cl)c1)Nc1ccc2c(c1)OCO2. The standard InChI is InChI=1S/C16H14ClNO3S/c17-12-3-1-2-11(6-12)8-22-9-16(19)18-13-4-5-14-15(7-13)21-10-20-14/h1-7H,8-10H2,(H,18,19). The Hall–Kier alpha value is -1.85. The fraction of sp³-hybridized carbons (Fsp3) is 0.188. The molecule has 22 heavy (non-hydrogen) atoms. The summed E-state index contributed by atoms with van der Waals surface area (Å²) in [5.74, 6) is 2.43. The number of rotatable bonds is 5. The average molecular weight is 336 g/mol. The summed E-state index contributed by atoms with van der Waals surface area (Å²) in [6, 6.07) is 13.0. The molecule has 0 spiro atoms. The van der Waals surface area contributed by atoms with Crippen molar-refractivity contribution in [1.82, 2.24) is 0 Å². The molecule has 2 aromatic carbocycles. The molecule has 3 rings (SSSR count). The van der Waals surface area contributed by atoms with Gasteiger partial charge in [-0.1, -0.05) is 23.7 Å². The van der Waals surface area contributed by atoms with Gasteiger partial charge in [0.1, 0.15) is 0 Å². The predicted molar refractivity (Wildman–Crippen MR) is 88.8 cm³/mol. The van der Waals surface area contributed by atoms with Gasteiger partial charge in [-0.15, -0.1) is 11.8 Å². The second-order valence-electron chi connectivity index (χ2n) is 4.74. The van der Waals surface area contributed by atoms with Gasteiger partial charge in [0, 0.05) is 22.5 Å². The summed E-state index contributed by atoms with van der Waals surface area (Å²) in [4.78, 5) is 11.9. The number of ether oxygens (including phenoxy) is 2. The van der Waals surface area contributed by atoms with Crippen LogP contribution in [-0.4, -0.2) is 18.5 Å². The largest absolute Gasteiger partial charge is 0.454 e. The third-order valence-corrected chi connectivity index (χ3v) is 4.29. The molecule has 6 heteroatoms. The number of hydrogen-bond donors (Lipinski definition) is 1. The van der Waals surface area contributed by atoms with Gasteiger partial charge in [0.25, 0.3) is 0 Å². The number of halogens is 1. The van der Waals surface area contributed by atoms with Crippen molar-refractivity contribution in [3.63, 3.8) is 0 Å². The molecule has 0 aromatic heterocycles. The summed E-state index contributed by atoms with van der Waals surface area (Å²) in [6.45, 7) is 0.224. The number of nitrogens with one attached hydrogen (secondary N) is 1. The van der Waals surface area contributed by atoms with Crippen LogP contribution in [0.25, 0.3) is 0 Å². The van der Waals surface area contributed by atoms with Crippen molar-refractivity contribution in [2.45, 2.75) is 5.75 Å². The number of anilines is 1. The lowest BCUT2D eigenvalue weighted by atomic mass is 10.2. The number of fused-ring (bicyclic) bond motifs is 1. The highest BCUT2D eigenvalue weighted by molar-refractivity contribution is 7.99. The first-order valence-electron chi connectivity index (χ1n) is 6.72. The van der Waals surface area contributed by atoms with E-state index >= 15 is 0 Å². The zero-order chi connectivity index (χ0) is 15.4. The molecule has 0 aliphatic carbocycles. The van der Waals surface area contributed by atoms with Gasteiger partial charge < -0.3 is 14.8 Å². The first-order chi connectivity index (χ1) is 10.7. The van der Waals surface area contributed by atoms with E-state index < -0.39 is 0 Å². The van der Waals surface area contributed by atoms with Crippen LogP contribution in [0.15, 0.2) is 42.5 Å². The van der Waals surface area contributed by atoms with E-state index in [0.717, 1.165) is 11.3 Å². The normalized spacial score (nSPS) is 12.2. The molecule has 0 unspecified atom stereocenters. The van der Waals surface area contributed by atoms with E-state index in [1.54, 1.807) is 30.0 Å². The molecule has 0 bridgehead atoms. The minimum atomic E-state index is -0.0501. The van der Waals surface area contributed by atoms with Crippen LogP contribution in [-0.2, 0) is 10.5 Å². The van der Waals surface area contributed by atoms with Crippen LogP contribution < -0.4 is 14.8 Å².